The molecule has 0 atom stereocenters. The SMILES string of the molecule is CC(C)(C)c1ccc(OCC(=O)NCc2ccccc2)c(Br)c1. The third kappa shape index (κ3) is 5.39. The monoisotopic (exact) mass is 375 g/mol. The van der Waals surface area contributed by atoms with E-state index in [2.05, 4.69) is 42.0 Å². The summed E-state index contributed by atoms with van der Waals surface area (Å²) >= 11 is 3.51. The van der Waals surface area contributed by atoms with Crippen LogP contribution in [0.25, 0.3) is 0 Å². The molecule has 0 fully saturated rings. The van der Waals surface area contributed by atoms with Crippen molar-refractivity contribution in [1.29, 1.82) is 0 Å². The first-order valence-electron chi connectivity index (χ1n) is 7.60. The number of rotatable bonds is 5. The summed E-state index contributed by atoms with van der Waals surface area (Å²) < 4.78 is 6.46. The molecule has 3 nitrogen and oxygen atoms in total. The zero-order valence-corrected chi connectivity index (χ0v) is 15.3. The van der Waals surface area contributed by atoms with E-state index in [1.54, 1.807) is 0 Å². The van der Waals surface area contributed by atoms with Crippen LogP contribution in [0.1, 0.15) is 31.9 Å². The van der Waals surface area contributed by atoms with Gasteiger partial charge in [0, 0.05) is 6.54 Å². The number of ether oxygens (including phenoxy) is 1. The summed E-state index contributed by atoms with van der Waals surface area (Å²) in [6, 6.07) is 15.8. The number of hydrogen-bond acceptors (Lipinski definition) is 2. The molecule has 0 radical (unpaired) electrons. The highest BCUT2D eigenvalue weighted by Gasteiger charge is 2.15. The van der Waals surface area contributed by atoms with Crippen LogP contribution in [0.15, 0.2) is 53.0 Å². The van der Waals surface area contributed by atoms with Gasteiger partial charge in [-0.1, -0.05) is 57.2 Å². The number of hydrogen-bond donors (Lipinski definition) is 1. The van der Waals surface area contributed by atoms with E-state index in [9.17, 15) is 4.79 Å². The molecule has 0 aliphatic heterocycles. The van der Waals surface area contributed by atoms with Crippen LogP contribution in [0.2, 0.25) is 0 Å². The largest absolute Gasteiger partial charge is 0.483 e. The molecule has 2 aromatic carbocycles. The fraction of sp³-hybridized carbons (Fsp3) is 0.316. The molecule has 0 aromatic heterocycles. The zero-order chi connectivity index (χ0) is 16.9. The highest BCUT2D eigenvalue weighted by molar-refractivity contribution is 9.10. The first kappa shape index (κ1) is 17.5. The highest BCUT2D eigenvalue weighted by Crippen LogP contribution is 2.31. The third-order valence-electron chi connectivity index (χ3n) is 3.49. The molecule has 1 amide bonds. The second-order valence-corrected chi connectivity index (χ2v) is 7.30. The summed E-state index contributed by atoms with van der Waals surface area (Å²) in [5.41, 5.74) is 2.36. The van der Waals surface area contributed by atoms with Gasteiger partial charge in [0.15, 0.2) is 6.61 Å². The molecular weight excluding hydrogens is 354 g/mol. The van der Waals surface area contributed by atoms with Gasteiger partial charge in [0.05, 0.1) is 4.47 Å². The Morgan fingerprint density at radius 3 is 2.43 bits per heavy atom. The van der Waals surface area contributed by atoms with E-state index in [-0.39, 0.29) is 17.9 Å². The van der Waals surface area contributed by atoms with Gasteiger partial charge < -0.3 is 10.1 Å². The Bertz CT molecular complexity index is 663. The van der Waals surface area contributed by atoms with Crippen LogP contribution in [-0.2, 0) is 16.8 Å². The van der Waals surface area contributed by atoms with Crippen molar-refractivity contribution in [2.45, 2.75) is 32.7 Å². The first-order chi connectivity index (χ1) is 10.9. The minimum atomic E-state index is -0.138. The van der Waals surface area contributed by atoms with Crippen LogP contribution in [0.4, 0.5) is 0 Å². The van der Waals surface area contributed by atoms with Crippen molar-refractivity contribution >= 4 is 21.8 Å². The summed E-state index contributed by atoms with van der Waals surface area (Å²) in [5, 5.41) is 2.85. The Morgan fingerprint density at radius 2 is 1.83 bits per heavy atom. The van der Waals surface area contributed by atoms with E-state index in [4.69, 9.17) is 4.74 Å². The van der Waals surface area contributed by atoms with Crippen molar-refractivity contribution in [2.24, 2.45) is 0 Å². The average molecular weight is 376 g/mol. The zero-order valence-electron chi connectivity index (χ0n) is 13.7. The maximum Gasteiger partial charge on any atom is 0.258 e. The van der Waals surface area contributed by atoms with Crippen molar-refractivity contribution in [2.75, 3.05) is 6.61 Å². The molecule has 0 saturated carbocycles. The molecular formula is C19H22BrNO2. The van der Waals surface area contributed by atoms with Gasteiger partial charge in [-0.3, -0.25) is 4.79 Å². The fourth-order valence-electron chi connectivity index (χ4n) is 2.08. The Hall–Kier alpha value is -1.81. The molecule has 0 spiro atoms. The number of carbonyl (C=O) groups is 1. The number of carbonyl (C=O) groups excluding carboxylic acids is 1. The summed E-state index contributed by atoms with van der Waals surface area (Å²) in [5.74, 6) is 0.536. The lowest BCUT2D eigenvalue weighted by atomic mass is 9.87. The second-order valence-electron chi connectivity index (χ2n) is 6.45. The van der Waals surface area contributed by atoms with Gasteiger partial charge in [-0.15, -0.1) is 0 Å². The summed E-state index contributed by atoms with van der Waals surface area (Å²) in [7, 11) is 0. The first-order valence-corrected chi connectivity index (χ1v) is 8.39. The molecule has 0 aliphatic rings. The van der Waals surface area contributed by atoms with Crippen molar-refractivity contribution in [3.05, 3.63) is 64.1 Å². The minimum Gasteiger partial charge on any atom is -0.483 e. The van der Waals surface area contributed by atoms with Crippen LogP contribution in [0, 0.1) is 0 Å². The van der Waals surface area contributed by atoms with Crippen molar-refractivity contribution < 1.29 is 9.53 Å². The van der Waals surface area contributed by atoms with Crippen molar-refractivity contribution in [1.82, 2.24) is 5.32 Å². The van der Waals surface area contributed by atoms with Gasteiger partial charge in [0.2, 0.25) is 0 Å². The predicted molar refractivity (Wildman–Crippen MR) is 96.6 cm³/mol. The maximum atomic E-state index is 11.9. The standard InChI is InChI=1S/C19H22BrNO2/c1-19(2,3)15-9-10-17(16(20)11-15)23-13-18(22)21-12-14-7-5-4-6-8-14/h4-11H,12-13H2,1-3H3,(H,21,22). The van der Waals surface area contributed by atoms with Crippen LogP contribution in [-0.4, -0.2) is 12.5 Å². The fourth-order valence-corrected chi connectivity index (χ4v) is 2.57. The quantitative estimate of drug-likeness (QED) is 0.838. The lowest BCUT2D eigenvalue weighted by molar-refractivity contribution is -0.123. The Kier molecular flexibility index (Phi) is 5.83. The number of amides is 1. The minimum absolute atomic E-state index is 0.000296. The molecule has 0 heterocycles. The predicted octanol–water partition coefficient (Wildman–Crippen LogP) is 4.44. The summed E-state index contributed by atoms with van der Waals surface area (Å²) in [6.07, 6.45) is 0. The van der Waals surface area contributed by atoms with Crippen molar-refractivity contribution in [3.63, 3.8) is 0 Å². The number of benzene rings is 2. The second kappa shape index (κ2) is 7.64. The van der Waals surface area contributed by atoms with E-state index >= 15 is 0 Å². The van der Waals surface area contributed by atoms with Crippen LogP contribution < -0.4 is 10.1 Å². The Morgan fingerprint density at radius 1 is 1.13 bits per heavy atom. The van der Waals surface area contributed by atoms with E-state index in [1.807, 2.05) is 48.5 Å². The molecule has 0 bridgehead atoms. The molecule has 2 aromatic rings. The van der Waals surface area contributed by atoms with Crippen LogP contribution in [0.3, 0.4) is 0 Å². The molecule has 2 rings (SSSR count). The van der Waals surface area contributed by atoms with Gasteiger partial charge in [0.25, 0.3) is 5.91 Å². The van der Waals surface area contributed by atoms with Gasteiger partial charge in [-0.25, -0.2) is 0 Å². The molecule has 0 saturated heterocycles. The Labute approximate surface area is 146 Å². The molecule has 4 heteroatoms. The maximum absolute atomic E-state index is 11.9. The van der Waals surface area contributed by atoms with Gasteiger partial charge in [-0.05, 0) is 44.6 Å². The number of nitrogens with one attached hydrogen (secondary N) is 1. The van der Waals surface area contributed by atoms with E-state index in [1.165, 1.54) is 5.56 Å². The smallest absolute Gasteiger partial charge is 0.258 e. The molecule has 0 unspecified atom stereocenters. The average Bonchev–Trinajstić information content (AvgIpc) is 2.51. The lowest BCUT2D eigenvalue weighted by Gasteiger charge is -2.20. The highest BCUT2D eigenvalue weighted by atomic mass is 79.9. The summed E-state index contributed by atoms with van der Waals surface area (Å²) in [4.78, 5) is 11.9. The topological polar surface area (TPSA) is 38.3 Å². The third-order valence-corrected chi connectivity index (χ3v) is 4.11. The van der Waals surface area contributed by atoms with Crippen LogP contribution in [0.5, 0.6) is 5.75 Å². The molecule has 0 aliphatic carbocycles. The van der Waals surface area contributed by atoms with Gasteiger partial charge >= 0.3 is 0 Å². The van der Waals surface area contributed by atoms with Gasteiger partial charge in [-0.2, -0.15) is 0 Å². The summed E-state index contributed by atoms with van der Waals surface area (Å²) in [6.45, 7) is 6.98. The van der Waals surface area contributed by atoms with Crippen molar-refractivity contribution in [3.8, 4) is 5.75 Å². The number of halogens is 1. The van der Waals surface area contributed by atoms with Gasteiger partial charge in [0.1, 0.15) is 5.75 Å². The van der Waals surface area contributed by atoms with E-state index < -0.39 is 0 Å². The van der Waals surface area contributed by atoms with E-state index in [0.717, 1.165) is 10.0 Å². The Balaban J connectivity index is 1.87. The normalized spacial score (nSPS) is 11.1. The lowest BCUT2D eigenvalue weighted by Crippen LogP contribution is -2.28. The molecule has 122 valence electrons. The molecule has 1 N–H and O–H groups in total. The molecule has 23 heavy (non-hydrogen) atoms. The van der Waals surface area contributed by atoms with Crippen LogP contribution >= 0.6 is 15.9 Å². The van der Waals surface area contributed by atoms with E-state index in [0.29, 0.717) is 12.3 Å².